The zero-order chi connectivity index (χ0) is 15.9. The first-order valence-corrected chi connectivity index (χ1v) is 8.43. The van der Waals surface area contributed by atoms with Crippen LogP contribution in [0.4, 0.5) is 0 Å². The van der Waals surface area contributed by atoms with Crippen molar-refractivity contribution in [1.29, 1.82) is 0 Å². The lowest BCUT2D eigenvalue weighted by atomic mass is 9.97. The first-order chi connectivity index (χ1) is 11.4. The molecular formula is C19H25N3O. The van der Waals surface area contributed by atoms with Gasteiger partial charge in [-0.05, 0) is 18.9 Å². The van der Waals surface area contributed by atoms with Crippen molar-refractivity contribution < 1.29 is 4.74 Å². The summed E-state index contributed by atoms with van der Waals surface area (Å²) in [4.78, 5) is 0. The Bertz CT molecular complexity index is 621. The van der Waals surface area contributed by atoms with E-state index >= 15 is 0 Å². The van der Waals surface area contributed by atoms with Crippen LogP contribution in [0, 0.1) is 5.92 Å². The molecule has 1 aromatic heterocycles. The van der Waals surface area contributed by atoms with E-state index < -0.39 is 0 Å². The van der Waals surface area contributed by atoms with Crippen LogP contribution in [0.5, 0.6) is 0 Å². The summed E-state index contributed by atoms with van der Waals surface area (Å²) in [6.07, 6.45) is 9.68. The fraction of sp³-hybridized carbons (Fsp3) is 0.421. The lowest BCUT2D eigenvalue weighted by molar-refractivity contribution is 0.0907. The summed E-state index contributed by atoms with van der Waals surface area (Å²) >= 11 is 0. The molecule has 1 aliphatic heterocycles. The van der Waals surface area contributed by atoms with E-state index in [1.807, 2.05) is 16.9 Å². The van der Waals surface area contributed by atoms with E-state index in [4.69, 9.17) is 4.74 Å². The van der Waals surface area contributed by atoms with Gasteiger partial charge in [0.05, 0.1) is 12.3 Å². The molecule has 0 amide bonds. The van der Waals surface area contributed by atoms with Crippen LogP contribution in [-0.2, 0) is 11.3 Å². The number of hydrogen-bond donors (Lipinski definition) is 1. The molecule has 23 heavy (non-hydrogen) atoms. The molecule has 0 aliphatic carbocycles. The van der Waals surface area contributed by atoms with Gasteiger partial charge in [0.15, 0.2) is 0 Å². The van der Waals surface area contributed by atoms with E-state index in [-0.39, 0.29) is 6.10 Å². The van der Waals surface area contributed by atoms with Crippen LogP contribution in [0.2, 0.25) is 0 Å². The standard InChI is InChI=1S/C19H25N3O/c1-2-22-15-18(14-21-22)19-17(10-12-23-19)13-20-11-6-9-16-7-4-3-5-8-16/h3-9,14-15,17,19-20H,2,10-13H2,1H3/b9-6+. The molecule has 0 bridgehead atoms. The quantitative estimate of drug-likeness (QED) is 0.798. The number of rotatable bonds is 7. The Morgan fingerprint density at radius 2 is 2.22 bits per heavy atom. The zero-order valence-corrected chi connectivity index (χ0v) is 13.7. The predicted molar refractivity (Wildman–Crippen MR) is 93.0 cm³/mol. The van der Waals surface area contributed by atoms with Crippen LogP contribution in [0.25, 0.3) is 6.08 Å². The van der Waals surface area contributed by atoms with Gasteiger partial charge in [-0.25, -0.2) is 0 Å². The van der Waals surface area contributed by atoms with Gasteiger partial charge in [-0.1, -0.05) is 42.5 Å². The van der Waals surface area contributed by atoms with Crippen LogP contribution in [0.3, 0.4) is 0 Å². The van der Waals surface area contributed by atoms with Gasteiger partial charge >= 0.3 is 0 Å². The largest absolute Gasteiger partial charge is 0.373 e. The SMILES string of the molecule is CCn1cc(C2OCCC2CNC/C=C/c2ccccc2)cn1. The molecule has 2 atom stereocenters. The monoisotopic (exact) mass is 311 g/mol. The summed E-state index contributed by atoms with van der Waals surface area (Å²) in [6.45, 7) is 5.70. The van der Waals surface area contributed by atoms with Gasteiger partial charge in [-0.2, -0.15) is 5.10 Å². The molecule has 1 N–H and O–H groups in total. The minimum atomic E-state index is 0.181. The molecule has 1 fully saturated rings. The molecule has 3 rings (SSSR count). The first kappa shape index (κ1) is 16.0. The van der Waals surface area contributed by atoms with Gasteiger partial charge in [0.25, 0.3) is 0 Å². The maximum atomic E-state index is 5.92. The van der Waals surface area contributed by atoms with E-state index in [0.29, 0.717) is 5.92 Å². The molecule has 122 valence electrons. The average molecular weight is 311 g/mol. The second-order valence-corrected chi connectivity index (χ2v) is 5.94. The van der Waals surface area contributed by atoms with E-state index in [1.54, 1.807) is 0 Å². The first-order valence-electron chi connectivity index (χ1n) is 8.43. The summed E-state index contributed by atoms with van der Waals surface area (Å²) in [5, 5.41) is 7.89. The number of aryl methyl sites for hydroxylation is 1. The van der Waals surface area contributed by atoms with Gasteiger partial charge in [0, 0.05) is 43.9 Å². The van der Waals surface area contributed by atoms with Crippen LogP contribution in [0.1, 0.15) is 30.6 Å². The third-order valence-corrected chi connectivity index (χ3v) is 4.30. The Kier molecular flexibility index (Phi) is 5.61. The number of benzene rings is 1. The lowest BCUT2D eigenvalue weighted by Crippen LogP contribution is -2.24. The van der Waals surface area contributed by atoms with E-state index in [9.17, 15) is 0 Å². The Labute approximate surface area is 138 Å². The van der Waals surface area contributed by atoms with Crippen molar-refractivity contribution in [1.82, 2.24) is 15.1 Å². The molecule has 1 aromatic carbocycles. The number of hydrogen-bond acceptors (Lipinski definition) is 3. The number of aromatic nitrogens is 2. The Morgan fingerprint density at radius 1 is 1.35 bits per heavy atom. The third-order valence-electron chi connectivity index (χ3n) is 4.30. The van der Waals surface area contributed by atoms with Crippen molar-refractivity contribution in [2.75, 3.05) is 19.7 Å². The Hall–Kier alpha value is -1.91. The van der Waals surface area contributed by atoms with Crippen molar-refractivity contribution in [3.63, 3.8) is 0 Å². The van der Waals surface area contributed by atoms with Crippen LogP contribution in [-0.4, -0.2) is 29.5 Å². The molecule has 2 unspecified atom stereocenters. The minimum Gasteiger partial charge on any atom is -0.373 e. The van der Waals surface area contributed by atoms with Crippen LogP contribution < -0.4 is 5.32 Å². The molecule has 1 saturated heterocycles. The van der Waals surface area contributed by atoms with Gasteiger partial charge in [0.1, 0.15) is 0 Å². The smallest absolute Gasteiger partial charge is 0.0896 e. The molecule has 2 heterocycles. The molecule has 4 heteroatoms. The second kappa shape index (κ2) is 8.09. The number of nitrogens with zero attached hydrogens (tertiary/aromatic N) is 2. The summed E-state index contributed by atoms with van der Waals surface area (Å²) in [6, 6.07) is 10.4. The zero-order valence-electron chi connectivity index (χ0n) is 13.7. The topological polar surface area (TPSA) is 39.1 Å². The fourth-order valence-electron chi connectivity index (χ4n) is 3.02. The van der Waals surface area contributed by atoms with Gasteiger partial charge in [-0.3, -0.25) is 4.68 Å². The Morgan fingerprint density at radius 3 is 3.00 bits per heavy atom. The summed E-state index contributed by atoms with van der Waals surface area (Å²) in [7, 11) is 0. The van der Waals surface area contributed by atoms with Crippen molar-refractivity contribution >= 4 is 6.08 Å². The average Bonchev–Trinajstić information content (AvgIpc) is 3.24. The minimum absolute atomic E-state index is 0.181. The summed E-state index contributed by atoms with van der Waals surface area (Å²) in [5.41, 5.74) is 2.44. The highest BCUT2D eigenvalue weighted by Gasteiger charge is 2.30. The van der Waals surface area contributed by atoms with Crippen molar-refractivity contribution in [3.05, 3.63) is 59.9 Å². The van der Waals surface area contributed by atoms with E-state index in [2.05, 4.69) is 60.0 Å². The van der Waals surface area contributed by atoms with E-state index in [1.165, 1.54) is 11.1 Å². The highest BCUT2D eigenvalue weighted by molar-refractivity contribution is 5.48. The third kappa shape index (κ3) is 4.30. The molecule has 0 saturated carbocycles. The second-order valence-electron chi connectivity index (χ2n) is 5.94. The molecule has 4 nitrogen and oxygen atoms in total. The highest BCUT2D eigenvalue weighted by Crippen LogP contribution is 2.33. The fourth-order valence-corrected chi connectivity index (χ4v) is 3.02. The van der Waals surface area contributed by atoms with Crippen LogP contribution in [0.15, 0.2) is 48.8 Å². The molecule has 0 spiro atoms. The molecular weight excluding hydrogens is 286 g/mol. The maximum absolute atomic E-state index is 5.92. The van der Waals surface area contributed by atoms with Gasteiger partial charge in [0.2, 0.25) is 0 Å². The van der Waals surface area contributed by atoms with Gasteiger partial charge in [-0.15, -0.1) is 0 Å². The maximum Gasteiger partial charge on any atom is 0.0896 e. The summed E-state index contributed by atoms with van der Waals surface area (Å²) in [5.74, 6) is 0.523. The predicted octanol–water partition coefficient (Wildman–Crippen LogP) is 3.28. The van der Waals surface area contributed by atoms with E-state index in [0.717, 1.165) is 32.7 Å². The summed E-state index contributed by atoms with van der Waals surface area (Å²) < 4.78 is 7.89. The van der Waals surface area contributed by atoms with Crippen LogP contribution >= 0.6 is 0 Å². The lowest BCUT2D eigenvalue weighted by Gasteiger charge is -2.17. The Balaban J connectivity index is 1.46. The highest BCUT2D eigenvalue weighted by atomic mass is 16.5. The van der Waals surface area contributed by atoms with Crippen molar-refractivity contribution in [2.24, 2.45) is 5.92 Å². The molecule has 1 aliphatic rings. The molecule has 0 radical (unpaired) electrons. The normalized spacial score (nSPS) is 21.3. The van der Waals surface area contributed by atoms with Crippen molar-refractivity contribution in [2.45, 2.75) is 26.0 Å². The van der Waals surface area contributed by atoms with Crippen molar-refractivity contribution in [3.8, 4) is 0 Å². The number of ether oxygens (including phenoxy) is 1. The number of nitrogens with one attached hydrogen (secondary N) is 1. The van der Waals surface area contributed by atoms with Gasteiger partial charge < -0.3 is 10.1 Å². The molecule has 2 aromatic rings.